The van der Waals surface area contributed by atoms with Gasteiger partial charge in [0, 0.05) is 30.1 Å². The minimum absolute atomic E-state index is 0.0161. The molecule has 2 rings (SSSR count). The van der Waals surface area contributed by atoms with E-state index >= 15 is 0 Å². The van der Waals surface area contributed by atoms with Crippen molar-refractivity contribution in [2.75, 3.05) is 13.1 Å². The summed E-state index contributed by atoms with van der Waals surface area (Å²) in [6.07, 6.45) is 1.05. The van der Waals surface area contributed by atoms with E-state index in [1.165, 1.54) is 6.07 Å². The number of hydrogen-bond acceptors (Lipinski definition) is 3. The van der Waals surface area contributed by atoms with Gasteiger partial charge in [0.15, 0.2) is 0 Å². The molecular formula is C13H15Cl2NO3. The molecule has 0 saturated carbocycles. The number of rotatable bonds is 4. The van der Waals surface area contributed by atoms with Crippen LogP contribution in [-0.2, 0) is 11.3 Å². The Balaban J connectivity index is 2.03. The number of aromatic hydroxyl groups is 1. The predicted molar refractivity (Wildman–Crippen MR) is 73.8 cm³/mol. The standard InChI is InChI=1S/C13H15Cl2NO3/c14-10-1-2-11(17)13(15)9(10)7-16-4-3-8(6-16)5-12(18)19/h1-2,8,17H,3-7H2,(H,18,19)/t8-/m0/s1. The van der Waals surface area contributed by atoms with Gasteiger partial charge in [-0.25, -0.2) is 0 Å². The Morgan fingerprint density at radius 1 is 1.42 bits per heavy atom. The number of carboxylic acid groups (broad SMARTS) is 1. The van der Waals surface area contributed by atoms with Crippen molar-refractivity contribution in [1.82, 2.24) is 4.90 Å². The number of hydrogen-bond donors (Lipinski definition) is 2. The Morgan fingerprint density at radius 3 is 2.84 bits per heavy atom. The number of likely N-dealkylation sites (tertiary alicyclic amines) is 1. The minimum Gasteiger partial charge on any atom is -0.506 e. The fourth-order valence-corrected chi connectivity index (χ4v) is 2.91. The summed E-state index contributed by atoms with van der Waals surface area (Å²) in [6, 6.07) is 3.08. The first-order chi connectivity index (χ1) is 8.97. The van der Waals surface area contributed by atoms with Crippen LogP contribution in [0.2, 0.25) is 10.0 Å². The smallest absolute Gasteiger partial charge is 0.303 e. The number of nitrogens with zero attached hydrogens (tertiary/aromatic N) is 1. The van der Waals surface area contributed by atoms with Gasteiger partial charge in [0.2, 0.25) is 0 Å². The van der Waals surface area contributed by atoms with Crippen molar-refractivity contribution in [3.8, 4) is 5.75 Å². The van der Waals surface area contributed by atoms with Crippen LogP contribution in [0.5, 0.6) is 5.75 Å². The molecule has 19 heavy (non-hydrogen) atoms. The second kappa shape index (κ2) is 5.99. The van der Waals surface area contributed by atoms with E-state index in [1.807, 2.05) is 0 Å². The average Bonchev–Trinajstić information content (AvgIpc) is 2.76. The Morgan fingerprint density at radius 2 is 2.16 bits per heavy atom. The number of halogens is 2. The van der Waals surface area contributed by atoms with Gasteiger partial charge in [-0.05, 0) is 31.0 Å². The molecule has 1 aliphatic rings. The molecule has 1 atom stereocenters. The lowest BCUT2D eigenvalue weighted by molar-refractivity contribution is -0.138. The van der Waals surface area contributed by atoms with E-state index in [4.69, 9.17) is 28.3 Å². The first-order valence-electron chi connectivity index (χ1n) is 6.07. The number of phenolic OH excluding ortho intramolecular Hbond substituents is 1. The highest BCUT2D eigenvalue weighted by molar-refractivity contribution is 6.36. The maximum absolute atomic E-state index is 10.7. The van der Waals surface area contributed by atoms with Gasteiger partial charge >= 0.3 is 5.97 Å². The fourth-order valence-electron chi connectivity index (χ4n) is 2.42. The molecule has 0 bridgehead atoms. The van der Waals surface area contributed by atoms with Crippen LogP contribution in [0.3, 0.4) is 0 Å². The van der Waals surface area contributed by atoms with Crippen molar-refractivity contribution >= 4 is 29.2 Å². The summed E-state index contributed by atoms with van der Waals surface area (Å²) < 4.78 is 0. The van der Waals surface area contributed by atoms with Crippen LogP contribution >= 0.6 is 23.2 Å². The van der Waals surface area contributed by atoms with Crippen LogP contribution in [0.1, 0.15) is 18.4 Å². The highest BCUT2D eigenvalue weighted by Crippen LogP contribution is 2.34. The second-order valence-electron chi connectivity index (χ2n) is 4.85. The summed E-state index contributed by atoms with van der Waals surface area (Å²) in [5.74, 6) is -0.574. The van der Waals surface area contributed by atoms with E-state index in [-0.39, 0.29) is 23.1 Å². The summed E-state index contributed by atoms with van der Waals surface area (Å²) in [4.78, 5) is 12.8. The zero-order chi connectivity index (χ0) is 14.0. The maximum atomic E-state index is 10.7. The largest absolute Gasteiger partial charge is 0.506 e. The molecule has 104 valence electrons. The van der Waals surface area contributed by atoms with E-state index in [0.717, 1.165) is 13.0 Å². The van der Waals surface area contributed by atoms with Crippen LogP contribution in [0.25, 0.3) is 0 Å². The lowest BCUT2D eigenvalue weighted by atomic mass is 10.1. The third-order valence-corrected chi connectivity index (χ3v) is 4.16. The number of aliphatic carboxylic acids is 1. The highest BCUT2D eigenvalue weighted by Gasteiger charge is 2.25. The zero-order valence-electron chi connectivity index (χ0n) is 10.3. The first kappa shape index (κ1) is 14.4. The zero-order valence-corrected chi connectivity index (χ0v) is 11.8. The monoisotopic (exact) mass is 303 g/mol. The van der Waals surface area contributed by atoms with Crippen LogP contribution in [-0.4, -0.2) is 34.2 Å². The summed E-state index contributed by atoms with van der Waals surface area (Å²) in [6.45, 7) is 2.07. The molecule has 1 aromatic carbocycles. The van der Waals surface area contributed by atoms with Crippen molar-refractivity contribution in [2.24, 2.45) is 5.92 Å². The van der Waals surface area contributed by atoms with Crippen molar-refractivity contribution < 1.29 is 15.0 Å². The molecule has 1 fully saturated rings. The van der Waals surface area contributed by atoms with Crippen LogP contribution in [0.15, 0.2) is 12.1 Å². The topological polar surface area (TPSA) is 60.8 Å². The van der Waals surface area contributed by atoms with Crippen LogP contribution < -0.4 is 0 Å². The van der Waals surface area contributed by atoms with Gasteiger partial charge in [-0.1, -0.05) is 23.2 Å². The van der Waals surface area contributed by atoms with Crippen molar-refractivity contribution in [3.63, 3.8) is 0 Å². The first-order valence-corrected chi connectivity index (χ1v) is 6.83. The molecule has 6 heteroatoms. The van der Waals surface area contributed by atoms with Gasteiger partial charge in [0.1, 0.15) is 5.75 Å². The lowest BCUT2D eigenvalue weighted by Gasteiger charge is -2.18. The number of carboxylic acids is 1. The highest BCUT2D eigenvalue weighted by atomic mass is 35.5. The number of phenols is 1. The maximum Gasteiger partial charge on any atom is 0.303 e. The van der Waals surface area contributed by atoms with E-state index in [1.54, 1.807) is 6.07 Å². The summed E-state index contributed by atoms with van der Waals surface area (Å²) in [7, 11) is 0. The van der Waals surface area contributed by atoms with E-state index in [2.05, 4.69) is 4.90 Å². The Hall–Kier alpha value is -0.970. The lowest BCUT2D eigenvalue weighted by Crippen LogP contribution is -2.21. The minimum atomic E-state index is -0.764. The molecule has 1 heterocycles. The molecule has 0 unspecified atom stereocenters. The molecule has 0 radical (unpaired) electrons. The van der Waals surface area contributed by atoms with E-state index in [9.17, 15) is 9.90 Å². The fraction of sp³-hybridized carbons (Fsp3) is 0.462. The summed E-state index contributed by atoms with van der Waals surface area (Å²) >= 11 is 12.1. The SMILES string of the molecule is O=C(O)C[C@@H]1CCN(Cc2c(Cl)ccc(O)c2Cl)C1. The van der Waals surface area contributed by atoms with Gasteiger partial charge in [0.05, 0.1) is 5.02 Å². The van der Waals surface area contributed by atoms with Gasteiger partial charge in [-0.2, -0.15) is 0 Å². The van der Waals surface area contributed by atoms with Crippen molar-refractivity contribution in [2.45, 2.75) is 19.4 Å². The Kier molecular flexibility index (Phi) is 4.55. The van der Waals surface area contributed by atoms with Gasteiger partial charge < -0.3 is 10.2 Å². The van der Waals surface area contributed by atoms with E-state index < -0.39 is 5.97 Å². The van der Waals surface area contributed by atoms with Gasteiger partial charge in [-0.3, -0.25) is 9.69 Å². The number of benzene rings is 1. The van der Waals surface area contributed by atoms with Crippen LogP contribution in [0.4, 0.5) is 0 Å². The molecule has 1 aromatic rings. The average molecular weight is 304 g/mol. The molecular weight excluding hydrogens is 289 g/mol. The molecule has 4 nitrogen and oxygen atoms in total. The molecule has 2 N–H and O–H groups in total. The van der Waals surface area contributed by atoms with Crippen LogP contribution in [0, 0.1) is 5.92 Å². The van der Waals surface area contributed by atoms with E-state index in [0.29, 0.717) is 23.7 Å². The second-order valence-corrected chi connectivity index (χ2v) is 5.63. The predicted octanol–water partition coefficient (Wildman–Crippen LogP) is 3.00. The molecule has 0 amide bonds. The van der Waals surface area contributed by atoms with Crippen molar-refractivity contribution in [1.29, 1.82) is 0 Å². The normalized spacial score (nSPS) is 19.8. The number of carbonyl (C=O) groups is 1. The quantitative estimate of drug-likeness (QED) is 0.897. The molecule has 0 aromatic heterocycles. The summed E-state index contributed by atoms with van der Waals surface area (Å²) in [5.41, 5.74) is 0.694. The Labute approximate surface area is 121 Å². The van der Waals surface area contributed by atoms with Gasteiger partial charge in [0.25, 0.3) is 0 Å². The third kappa shape index (κ3) is 3.53. The van der Waals surface area contributed by atoms with Gasteiger partial charge in [-0.15, -0.1) is 0 Å². The summed E-state index contributed by atoms with van der Waals surface area (Å²) in [5, 5.41) is 19.2. The molecule has 0 spiro atoms. The molecule has 1 saturated heterocycles. The molecule has 0 aliphatic carbocycles. The van der Waals surface area contributed by atoms with Crippen molar-refractivity contribution in [3.05, 3.63) is 27.7 Å². The molecule has 1 aliphatic heterocycles. The third-order valence-electron chi connectivity index (χ3n) is 3.38. The Bertz CT molecular complexity index is 493.